The van der Waals surface area contributed by atoms with E-state index in [4.69, 9.17) is 4.74 Å². The van der Waals surface area contributed by atoms with Crippen LogP contribution in [0, 0.1) is 0 Å². The lowest BCUT2D eigenvalue weighted by Crippen LogP contribution is -2.29. The van der Waals surface area contributed by atoms with E-state index in [2.05, 4.69) is 11.6 Å². The second-order valence-corrected chi connectivity index (χ2v) is 8.13. The number of hydrogen-bond acceptors (Lipinski definition) is 5. The summed E-state index contributed by atoms with van der Waals surface area (Å²) in [6, 6.07) is 13.3. The van der Waals surface area contributed by atoms with E-state index in [0.717, 1.165) is 11.3 Å². The normalized spacial score (nSPS) is 14.5. The molecule has 28 heavy (non-hydrogen) atoms. The molecular formula is C20H22N2O5S. The first-order chi connectivity index (χ1) is 13.4. The van der Waals surface area contributed by atoms with Crippen molar-refractivity contribution in [1.29, 1.82) is 0 Å². The van der Waals surface area contributed by atoms with E-state index in [1.54, 1.807) is 0 Å². The number of anilines is 1. The van der Waals surface area contributed by atoms with Gasteiger partial charge in [-0.15, -0.1) is 0 Å². The van der Waals surface area contributed by atoms with Gasteiger partial charge in [0.2, 0.25) is 21.8 Å². The van der Waals surface area contributed by atoms with Crippen LogP contribution in [0.5, 0.6) is 5.75 Å². The van der Waals surface area contributed by atoms with Gasteiger partial charge in [-0.1, -0.05) is 19.1 Å². The van der Waals surface area contributed by atoms with E-state index < -0.39 is 10.0 Å². The lowest BCUT2D eigenvalue weighted by atomic mass is 10.2. The fraction of sp³-hybridized carbons (Fsp3) is 0.300. The van der Waals surface area contributed by atoms with Crippen molar-refractivity contribution >= 4 is 27.5 Å². The third-order valence-corrected chi connectivity index (χ3v) is 5.93. The molecule has 2 aromatic rings. The molecule has 0 saturated carbocycles. The topological polar surface area (TPSA) is 92.8 Å². The summed E-state index contributed by atoms with van der Waals surface area (Å²) in [6.45, 7) is 2.38. The Bertz CT molecular complexity index is 937. The lowest BCUT2D eigenvalue weighted by Gasteiger charge is -2.14. The fourth-order valence-electron chi connectivity index (χ4n) is 2.89. The van der Waals surface area contributed by atoms with E-state index in [0.29, 0.717) is 11.4 Å². The maximum Gasteiger partial charge on any atom is 0.240 e. The number of nitrogens with one attached hydrogen (secondary N) is 1. The first-order valence-electron chi connectivity index (χ1n) is 9.08. The molecule has 1 heterocycles. The number of carbonyl (C=O) groups is 2. The highest BCUT2D eigenvalue weighted by molar-refractivity contribution is 7.89. The van der Waals surface area contributed by atoms with E-state index in [-0.39, 0.29) is 42.7 Å². The Hall–Kier alpha value is -2.71. The molecule has 0 spiro atoms. The Kier molecular flexibility index (Phi) is 6.11. The Morgan fingerprint density at radius 2 is 1.57 bits per heavy atom. The number of imide groups is 1. The van der Waals surface area contributed by atoms with Crippen molar-refractivity contribution in [1.82, 2.24) is 4.72 Å². The molecule has 1 saturated heterocycles. The molecule has 1 N–H and O–H groups in total. The summed E-state index contributed by atoms with van der Waals surface area (Å²) < 4.78 is 32.8. The molecule has 1 fully saturated rings. The zero-order chi connectivity index (χ0) is 20.1. The summed E-state index contributed by atoms with van der Waals surface area (Å²) in [4.78, 5) is 24.7. The molecule has 2 aromatic carbocycles. The molecule has 0 bridgehead atoms. The van der Waals surface area contributed by atoms with Gasteiger partial charge in [0, 0.05) is 19.4 Å². The Morgan fingerprint density at radius 1 is 0.964 bits per heavy atom. The summed E-state index contributed by atoms with van der Waals surface area (Å²) in [7, 11) is -3.71. The number of hydrogen-bond donors (Lipinski definition) is 1. The maximum absolute atomic E-state index is 12.4. The molecule has 8 heteroatoms. The molecule has 0 unspecified atom stereocenters. The quantitative estimate of drug-likeness (QED) is 0.540. The summed E-state index contributed by atoms with van der Waals surface area (Å²) in [6.07, 6.45) is 1.31. The molecule has 148 valence electrons. The van der Waals surface area contributed by atoms with Gasteiger partial charge < -0.3 is 4.74 Å². The molecule has 1 aliphatic rings. The van der Waals surface area contributed by atoms with Crippen molar-refractivity contribution in [3.05, 3.63) is 54.1 Å². The Balaban J connectivity index is 1.55. The molecule has 0 atom stereocenters. The van der Waals surface area contributed by atoms with Crippen molar-refractivity contribution in [2.24, 2.45) is 0 Å². The predicted molar refractivity (Wildman–Crippen MR) is 105 cm³/mol. The second-order valence-electron chi connectivity index (χ2n) is 6.36. The van der Waals surface area contributed by atoms with Gasteiger partial charge in [0.25, 0.3) is 0 Å². The highest BCUT2D eigenvalue weighted by Crippen LogP contribution is 2.23. The van der Waals surface area contributed by atoms with Crippen molar-refractivity contribution < 1.29 is 22.7 Å². The minimum Gasteiger partial charge on any atom is -0.492 e. The third kappa shape index (κ3) is 4.58. The van der Waals surface area contributed by atoms with Crippen LogP contribution in [0.1, 0.15) is 25.3 Å². The molecule has 0 aromatic heterocycles. The SMILES string of the molecule is CCc1ccc(OCCNS(=O)(=O)c2ccc(N3C(=O)CCC3=O)cc2)cc1. The molecular weight excluding hydrogens is 380 g/mol. The number of sulfonamides is 1. The third-order valence-electron chi connectivity index (χ3n) is 4.45. The molecule has 1 aliphatic heterocycles. The predicted octanol–water partition coefficient (Wildman–Crippen LogP) is 2.26. The molecule has 0 aliphatic carbocycles. The monoisotopic (exact) mass is 402 g/mol. The van der Waals surface area contributed by atoms with Crippen molar-refractivity contribution in [3.63, 3.8) is 0 Å². The van der Waals surface area contributed by atoms with Crippen molar-refractivity contribution in [2.75, 3.05) is 18.1 Å². The number of rotatable bonds is 8. The number of nitrogens with zero attached hydrogens (tertiary/aromatic N) is 1. The van der Waals surface area contributed by atoms with Gasteiger partial charge in [0.05, 0.1) is 10.6 Å². The molecule has 0 radical (unpaired) electrons. The standard InChI is InChI=1S/C20H22N2O5S/c1-2-15-3-7-17(8-4-15)27-14-13-21-28(25,26)18-9-5-16(6-10-18)22-19(23)11-12-20(22)24/h3-10,21H,2,11-14H2,1H3. The van der Waals surface area contributed by atoms with Gasteiger partial charge in [-0.25, -0.2) is 13.1 Å². The maximum atomic E-state index is 12.4. The van der Waals surface area contributed by atoms with Gasteiger partial charge in [-0.2, -0.15) is 0 Å². The van der Waals surface area contributed by atoms with Crippen LogP contribution in [-0.2, 0) is 26.0 Å². The summed E-state index contributed by atoms with van der Waals surface area (Å²) in [5.41, 5.74) is 1.58. The van der Waals surface area contributed by atoms with E-state index in [1.807, 2.05) is 24.3 Å². The van der Waals surface area contributed by atoms with Crippen molar-refractivity contribution in [2.45, 2.75) is 31.1 Å². The molecule has 2 amide bonds. The highest BCUT2D eigenvalue weighted by Gasteiger charge is 2.30. The fourth-order valence-corrected chi connectivity index (χ4v) is 3.90. The van der Waals surface area contributed by atoms with Crippen LogP contribution < -0.4 is 14.4 Å². The van der Waals surface area contributed by atoms with Crippen LogP contribution in [0.2, 0.25) is 0 Å². The van der Waals surface area contributed by atoms with Gasteiger partial charge in [-0.3, -0.25) is 14.5 Å². The number of carbonyl (C=O) groups excluding carboxylic acids is 2. The molecule has 7 nitrogen and oxygen atoms in total. The smallest absolute Gasteiger partial charge is 0.240 e. The van der Waals surface area contributed by atoms with Crippen LogP contribution in [-0.4, -0.2) is 33.4 Å². The van der Waals surface area contributed by atoms with Gasteiger partial charge in [0.15, 0.2) is 0 Å². The minimum atomic E-state index is -3.71. The average molecular weight is 402 g/mol. The number of ether oxygens (including phenoxy) is 1. The van der Waals surface area contributed by atoms with Crippen LogP contribution >= 0.6 is 0 Å². The number of amides is 2. The average Bonchev–Trinajstić information content (AvgIpc) is 3.04. The Morgan fingerprint density at radius 3 is 2.14 bits per heavy atom. The zero-order valence-electron chi connectivity index (χ0n) is 15.6. The van der Waals surface area contributed by atoms with Crippen LogP contribution in [0.15, 0.2) is 53.4 Å². The summed E-state index contributed by atoms with van der Waals surface area (Å²) >= 11 is 0. The minimum absolute atomic E-state index is 0.0580. The number of benzene rings is 2. The van der Waals surface area contributed by atoms with E-state index in [9.17, 15) is 18.0 Å². The Labute approximate surface area is 164 Å². The van der Waals surface area contributed by atoms with Crippen LogP contribution in [0.3, 0.4) is 0 Å². The van der Waals surface area contributed by atoms with Crippen molar-refractivity contribution in [3.8, 4) is 5.75 Å². The highest BCUT2D eigenvalue weighted by atomic mass is 32.2. The summed E-state index contributed by atoms with van der Waals surface area (Å²) in [5, 5.41) is 0. The van der Waals surface area contributed by atoms with Crippen LogP contribution in [0.25, 0.3) is 0 Å². The van der Waals surface area contributed by atoms with E-state index >= 15 is 0 Å². The van der Waals surface area contributed by atoms with Gasteiger partial charge in [-0.05, 0) is 48.4 Å². The number of aryl methyl sites for hydroxylation is 1. The first kappa shape index (κ1) is 20.0. The second kappa shape index (κ2) is 8.53. The lowest BCUT2D eigenvalue weighted by molar-refractivity contribution is -0.121. The van der Waals surface area contributed by atoms with Gasteiger partial charge >= 0.3 is 0 Å². The zero-order valence-corrected chi connectivity index (χ0v) is 16.4. The summed E-state index contributed by atoms with van der Waals surface area (Å²) in [5.74, 6) is 0.131. The largest absolute Gasteiger partial charge is 0.492 e. The van der Waals surface area contributed by atoms with Crippen LogP contribution in [0.4, 0.5) is 5.69 Å². The van der Waals surface area contributed by atoms with Gasteiger partial charge in [0.1, 0.15) is 12.4 Å². The molecule has 3 rings (SSSR count). The first-order valence-corrected chi connectivity index (χ1v) is 10.6. The van der Waals surface area contributed by atoms with E-state index in [1.165, 1.54) is 29.8 Å².